The van der Waals surface area contributed by atoms with Crippen molar-refractivity contribution in [3.63, 3.8) is 0 Å². The summed E-state index contributed by atoms with van der Waals surface area (Å²) < 4.78 is 2.41. The molecule has 19 heavy (non-hydrogen) atoms. The molecular weight excluding hydrogens is 234 g/mol. The fraction of sp³-hybridized carbons (Fsp3) is 0.812. The first-order chi connectivity index (χ1) is 8.98. The standard InChI is InChI=1S/C16H29N3/c1-13(2)9-17-10-15-11-18-12-19(15)14-5-7-16(3,4)8-6-14/h11-14,17H,5-10H2,1-4H3. The zero-order chi connectivity index (χ0) is 13.9. The van der Waals surface area contributed by atoms with Gasteiger partial charge in [-0.1, -0.05) is 27.7 Å². The van der Waals surface area contributed by atoms with Crippen LogP contribution in [0.3, 0.4) is 0 Å². The lowest BCUT2D eigenvalue weighted by molar-refractivity contribution is 0.191. The first-order valence-electron chi connectivity index (χ1n) is 7.69. The molecule has 1 fully saturated rings. The van der Waals surface area contributed by atoms with Crippen LogP contribution in [0.5, 0.6) is 0 Å². The quantitative estimate of drug-likeness (QED) is 0.876. The molecule has 3 heteroatoms. The summed E-state index contributed by atoms with van der Waals surface area (Å²) in [5, 5.41) is 3.52. The maximum Gasteiger partial charge on any atom is 0.0951 e. The molecule has 1 N–H and O–H groups in total. The van der Waals surface area contributed by atoms with Gasteiger partial charge in [-0.3, -0.25) is 0 Å². The predicted octanol–water partition coefficient (Wildman–Crippen LogP) is 3.77. The van der Waals surface area contributed by atoms with Gasteiger partial charge in [0.15, 0.2) is 0 Å². The van der Waals surface area contributed by atoms with Crippen molar-refractivity contribution >= 4 is 0 Å². The zero-order valence-electron chi connectivity index (χ0n) is 12.9. The highest BCUT2D eigenvalue weighted by Gasteiger charge is 2.28. The zero-order valence-corrected chi connectivity index (χ0v) is 12.9. The third-order valence-corrected chi connectivity index (χ3v) is 4.31. The van der Waals surface area contributed by atoms with Crippen molar-refractivity contribution in [1.29, 1.82) is 0 Å². The third-order valence-electron chi connectivity index (χ3n) is 4.31. The highest BCUT2D eigenvalue weighted by molar-refractivity contribution is 5.01. The Balaban J connectivity index is 1.92. The van der Waals surface area contributed by atoms with Gasteiger partial charge in [-0.2, -0.15) is 0 Å². The molecule has 1 saturated carbocycles. The monoisotopic (exact) mass is 263 g/mol. The molecule has 108 valence electrons. The van der Waals surface area contributed by atoms with Crippen molar-refractivity contribution in [2.75, 3.05) is 6.54 Å². The van der Waals surface area contributed by atoms with Crippen molar-refractivity contribution in [1.82, 2.24) is 14.9 Å². The van der Waals surface area contributed by atoms with Crippen LogP contribution in [0.2, 0.25) is 0 Å². The van der Waals surface area contributed by atoms with Crippen molar-refractivity contribution in [3.05, 3.63) is 18.2 Å². The Hall–Kier alpha value is -0.830. The van der Waals surface area contributed by atoms with E-state index in [4.69, 9.17) is 0 Å². The number of rotatable bonds is 5. The van der Waals surface area contributed by atoms with Gasteiger partial charge < -0.3 is 9.88 Å². The molecule has 1 aromatic heterocycles. The SMILES string of the molecule is CC(C)CNCc1cncn1C1CCC(C)(C)CC1. The van der Waals surface area contributed by atoms with Crippen molar-refractivity contribution in [2.45, 2.75) is 66.0 Å². The summed E-state index contributed by atoms with van der Waals surface area (Å²) >= 11 is 0. The second-order valence-corrected chi connectivity index (χ2v) is 7.21. The summed E-state index contributed by atoms with van der Waals surface area (Å²) in [6.45, 7) is 11.3. The molecule has 1 aromatic rings. The second kappa shape index (κ2) is 6.08. The van der Waals surface area contributed by atoms with Crippen LogP contribution in [0, 0.1) is 11.3 Å². The van der Waals surface area contributed by atoms with Crippen molar-refractivity contribution < 1.29 is 0 Å². The normalized spacial score (nSPS) is 20.1. The van der Waals surface area contributed by atoms with Gasteiger partial charge >= 0.3 is 0 Å². The molecule has 0 radical (unpaired) electrons. The Bertz CT molecular complexity index is 382. The van der Waals surface area contributed by atoms with Crippen LogP contribution in [0.25, 0.3) is 0 Å². The van der Waals surface area contributed by atoms with Crippen LogP contribution in [0.15, 0.2) is 12.5 Å². The van der Waals surface area contributed by atoms with E-state index >= 15 is 0 Å². The lowest BCUT2D eigenvalue weighted by Gasteiger charge is -2.35. The van der Waals surface area contributed by atoms with Crippen LogP contribution in [-0.4, -0.2) is 16.1 Å². The summed E-state index contributed by atoms with van der Waals surface area (Å²) in [7, 11) is 0. The van der Waals surface area contributed by atoms with Crippen LogP contribution in [0.4, 0.5) is 0 Å². The summed E-state index contributed by atoms with van der Waals surface area (Å²) in [6.07, 6.45) is 9.28. The number of nitrogens with one attached hydrogen (secondary N) is 1. The smallest absolute Gasteiger partial charge is 0.0951 e. The van der Waals surface area contributed by atoms with E-state index in [0.717, 1.165) is 13.1 Å². The van der Waals surface area contributed by atoms with E-state index in [-0.39, 0.29) is 0 Å². The summed E-state index contributed by atoms with van der Waals surface area (Å²) in [5.74, 6) is 0.701. The molecule has 0 bridgehead atoms. The first kappa shape index (κ1) is 14.6. The average Bonchev–Trinajstić information content (AvgIpc) is 2.77. The molecule has 0 spiro atoms. The minimum absolute atomic E-state index is 0.535. The minimum atomic E-state index is 0.535. The van der Waals surface area contributed by atoms with Gasteiger partial charge in [0.05, 0.1) is 12.0 Å². The Kier molecular flexibility index (Phi) is 4.67. The van der Waals surface area contributed by atoms with E-state index in [9.17, 15) is 0 Å². The Labute approximate surface area is 117 Å². The average molecular weight is 263 g/mol. The summed E-state index contributed by atoms with van der Waals surface area (Å²) in [5.41, 5.74) is 1.87. The Morgan fingerprint density at radius 3 is 2.68 bits per heavy atom. The van der Waals surface area contributed by atoms with Gasteiger partial charge in [-0.25, -0.2) is 4.98 Å². The van der Waals surface area contributed by atoms with Crippen molar-refractivity contribution in [2.24, 2.45) is 11.3 Å². The maximum atomic E-state index is 4.35. The number of aromatic nitrogens is 2. The van der Waals surface area contributed by atoms with E-state index in [1.165, 1.54) is 31.4 Å². The fourth-order valence-corrected chi connectivity index (χ4v) is 2.95. The lowest BCUT2D eigenvalue weighted by atomic mass is 9.75. The number of nitrogens with zero attached hydrogens (tertiary/aromatic N) is 2. The van der Waals surface area contributed by atoms with Gasteiger partial charge in [0.25, 0.3) is 0 Å². The van der Waals surface area contributed by atoms with Gasteiger partial charge in [-0.15, -0.1) is 0 Å². The molecule has 0 unspecified atom stereocenters. The largest absolute Gasteiger partial charge is 0.330 e. The van der Waals surface area contributed by atoms with Gasteiger partial charge in [0.2, 0.25) is 0 Å². The highest BCUT2D eigenvalue weighted by Crippen LogP contribution is 2.40. The predicted molar refractivity (Wildman–Crippen MR) is 80.1 cm³/mol. The topological polar surface area (TPSA) is 29.9 Å². The van der Waals surface area contributed by atoms with Crippen LogP contribution in [-0.2, 0) is 6.54 Å². The van der Waals surface area contributed by atoms with Crippen LogP contribution in [0.1, 0.15) is 65.1 Å². The summed E-state index contributed by atoms with van der Waals surface area (Å²) in [4.78, 5) is 4.35. The lowest BCUT2D eigenvalue weighted by Crippen LogP contribution is -2.26. The molecule has 3 nitrogen and oxygen atoms in total. The maximum absolute atomic E-state index is 4.35. The molecule has 1 heterocycles. The van der Waals surface area contributed by atoms with Crippen LogP contribution < -0.4 is 5.32 Å². The van der Waals surface area contributed by atoms with E-state index in [1.54, 1.807) is 0 Å². The molecule has 2 rings (SSSR count). The number of hydrogen-bond donors (Lipinski definition) is 1. The van der Waals surface area contributed by atoms with E-state index in [0.29, 0.717) is 17.4 Å². The van der Waals surface area contributed by atoms with E-state index in [1.807, 2.05) is 12.5 Å². The third kappa shape index (κ3) is 4.07. The van der Waals surface area contributed by atoms with Gasteiger partial charge in [0, 0.05) is 18.8 Å². The minimum Gasteiger partial charge on any atom is -0.330 e. The fourth-order valence-electron chi connectivity index (χ4n) is 2.95. The molecule has 0 atom stereocenters. The highest BCUT2D eigenvalue weighted by atomic mass is 15.1. The summed E-state index contributed by atoms with van der Waals surface area (Å²) in [6, 6.07) is 0.659. The number of hydrogen-bond acceptors (Lipinski definition) is 2. The van der Waals surface area contributed by atoms with Crippen molar-refractivity contribution in [3.8, 4) is 0 Å². The first-order valence-corrected chi connectivity index (χ1v) is 7.69. The molecule has 0 saturated heterocycles. The Morgan fingerprint density at radius 1 is 1.37 bits per heavy atom. The second-order valence-electron chi connectivity index (χ2n) is 7.21. The number of imidazole rings is 1. The molecule has 0 aliphatic heterocycles. The molecule has 0 aromatic carbocycles. The van der Waals surface area contributed by atoms with Crippen LogP contribution >= 0.6 is 0 Å². The van der Waals surface area contributed by atoms with Gasteiger partial charge in [0.1, 0.15) is 0 Å². The molecule has 0 amide bonds. The van der Waals surface area contributed by atoms with Gasteiger partial charge in [-0.05, 0) is 43.6 Å². The molecular formula is C16H29N3. The molecule has 1 aliphatic rings. The van der Waals surface area contributed by atoms with E-state index < -0.39 is 0 Å². The Morgan fingerprint density at radius 2 is 2.05 bits per heavy atom. The van der Waals surface area contributed by atoms with E-state index in [2.05, 4.69) is 42.6 Å². The molecule has 1 aliphatic carbocycles.